The Kier molecular flexibility index (Phi) is 8.01. The zero-order valence-corrected chi connectivity index (χ0v) is 18.8. The topological polar surface area (TPSA) is 88.5 Å². The maximum atomic E-state index is 13.1. The fourth-order valence-corrected chi connectivity index (χ4v) is 4.39. The third-order valence-corrected chi connectivity index (χ3v) is 6.10. The fourth-order valence-electron chi connectivity index (χ4n) is 4.39. The SMILES string of the molecule is CCCCN(CCCC)C(=O)CN1CCC(C(=O)O)C1c1cc(OC)c2c(c1)OCO2. The third-order valence-electron chi connectivity index (χ3n) is 6.10. The number of aliphatic carboxylic acids is 1. The minimum absolute atomic E-state index is 0.0608. The molecular formula is C23H34N2O6. The van der Waals surface area contributed by atoms with Crippen LogP contribution in [0.3, 0.4) is 0 Å². The number of carbonyl (C=O) groups is 2. The van der Waals surface area contributed by atoms with Gasteiger partial charge >= 0.3 is 5.97 Å². The molecule has 172 valence electrons. The van der Waals surface area contributed by atoms with E-state index >= 15 is 0 Å². The number of fused-ring (bicyclic) bond motifs is 1. The second-order valence-corrected chi connectivity index (χ2v) is 8.19. The molecule has 3 rings (SSSR count). The Morgan fingerprint density at radius 2 is 1.90 bits per heavy atom. The van der Waals surface area contributed by atoms with Crippen LogP contribution in [0.25, 0.3) is 0 Å². The van der Waals surface area contributed by atoms with E-state index in [4.69, 9.17) is 14.2 Å². The Hall–Kier alpha value is -2.48. The number of carbonyl (C=O) groups excluding carboxylic acids is 1. The monoisotopic (exact) mass is 434 g/mol. The molecule has 1 aromatic carbocycles. The molecule has 2 aliphatic heterocycles. The molecule has 1 aromatic rings. The van der Waals surface area contributed by atoms with Gasteiger partial charge in [-0.3, -0.25) is 14.5 Å². The number of benzene rings is 1. The average molecular weight is 435 g/mol. The summed E-state index contributed by atoms with van der Waals surface area (Å²) < 4.78 is 16.5. The molecule has 8 heteroatoms. The van der Waals surface area contributed by atoms with Gasteiger partial charge in [0.25, 0.3) is 0 Å². The predicted octanol–water partition coefficient (Wildman–Crippen LogP) is 3.30. The molecule has 1 N–H and O–H groups in total. The second kappa shape index (κ2) is 10.7. The lowest BCUT2D eigenvalue weighted by atomic mass is 9.93. The Labute approximate surface area is 184 Å². The minimum atomic E-state index is -0.856. The first-order chi connectivity index (χ1) is 15.0. The summed E-state index contributed by atoms with van der Waals surface area (Å²) in [5, 5.41) is 9.85. The number of methoxy groups -OCH3 is 1. The molecule has 0 aliphatic carbocycles. The van der Waals surface area contributed by atoms with E-state index in [1.54, 1.807) is 7.11 Å². The van der Waals surface area contributed by atoms with Crippen molar-refractivity contribution in [3.63, 3.8) is 0 Å². The van der Waals surface area contributed by atoms with Gasteiger partial charge in [-0.2, -0.15) is 0 Å². The number of rotatable bonds is 11. The van der Waals surface area contributed by atoms with Crippen LogP contribution in [0, 0.1) is 5.92 Å². The van der Waals surface area contributed by atoms with Gasteiger partial charge < -0.3 is 24.2 Å². The lowest BCUT2D eigenvalue weighted by molar-refractivity contribution is -0.143. The van der Waals surface area contributed by atoms with Gasteiger partial charge in [0, 0.05) is 25.7 Å². The van der Waals surface area contributed by atoms with E-state index in [0.29, 0.717) is 30.2 Å². The van der Waals surface area contributed by atoms with Crippen LogP contribution in [-0.4, -0.2) is 66.9 Å². The quantitative estimate of drug-likeness (QED) is 0.572. The maximum absolute atomic E-state index is 13.1. The van der Waals surface area contributed by atoms with Crippen molar-refractivity contribution in [3.8, 4) is 17.2 Å². The van der Waals surface area contributed by atoms with Gasteiger partial charge in [0.15, 0.2) is 11.5 Å². The molecule has 0 bridgehead atoms. The summed E-state index contributed by atoms with van der Waals surface area (Å²) in [4.78, 5) is 29.1. The molecule has 31 heavy (non-hydrogen) atoms. The van der Waals surface area contributed by atoms with Crippen molar-refractivity contribution in [2.75, 3.05) is 40.1 Å². The van der Waals surface area contributed by atoms with Crippen molar-refractivity contribution in [2.24, 2.45) is 5.92 Å². The Bertz CT molecular complexity index is 776. The number of hydrogen-bond donors (Lipinski definition) is 1. The van der Waals surface area contributed by atoms with Crippen molar-refractivity contribution in [1.82, 2.24) is 9.80 Å². The molecule has 0 radical (unpaired) electrons. The molecule has 1 saturated heterocycles. The van der Waals surface area contributed by atoms with Gasteiger partial charge in [0.05, 0.1) is 19.6 Å². The maximum Gasteiger partial charge on any atom is 0.308 e. The van der Waals surface area contributed by atoms with Crippen molar-refractivity contribution in [1.29, 1.82) is 0 Å². The highest BCUT2D eigenvalue weighted by molar-refractivity contribution is 5.79. The first kappa shape index (κ1) is 23.2. The zero-order chi connectivity index (χ0) is 22.4. The number of amides is 1. The Morgan fingerprint density at radius 1 is 1.19 bits per heavy atom. The second-order valence-electron chi connectivity index (χ2n) is 8.19. The Balaban J connectivity index is 1.84. The summed E-state index contributed by atoms with van der Waals surface area (Å²) in [7, 11) is 1.55. The van der Waals surface area contributed by atoms with Crippen LogP contribution in [0.4, 0.5) is 0 Å². The molecule has 1 amide bonds. The van der Waals surface area contributed by atoms with Crippen LogP contribution in [0.5, 0.6) is 17.2 Å². The standard InChI is InChI=1S/C23H34N2O6/c1-4-6-9-24(10-7-5-2)20(26)14-25-11-8-17(23(27)28)21(25)16-12-18(29-3)22-19(13-16)30-15-31-22/h12-13,17,21H,4-11,14-15H2,1-3H3,(H,27,28). The predicted molar refractivity (Wildman–Crippen MR) is 116 cm³/mol. The van der Waals surface area contributed by atoms with Gasteiger partial charge in [-0.1, -0.05) is 26.7 Å². The summed E-state index contributed by atoms with van der Waals surface area (Å²) >= 11 is 0. The fraction of sp³-hybridized carbons (Fsp3) is 0.652. The van der Waals surface area contributed by atoms with Crippen molar-refractivity contribution in [2.45, 2.75) is 52.0 Å². The molecule has 2 atom stereocenters. The minimum Gasteiger partial charge on any atom is -0.493 e. The van der Waals surface area contributed by atoms with E-state index in [0.717, 1.165) is 44.3 Å². The zero-order valence-electron chi connectivity index (χ0n) is 18.8. The molecule has 2 unspecified atom stereocenters. The van der Waals surface area contributed by atoms with Crippen LogP contribution >= 0.6 is 0 Å². The number of unbranched alkanes of at least 4 members (excludes halogenated alkanes) is 2. The van der Waals surface area contributed by atoms with Crippen LogP contribution in [0.15, 0.2) is 12.1 Å². The van der Waals surface area contributed by atoms with Crippen molar-refractivity contribution < 1.29 is 28.9 Å². The molecule has 8 nitrogen and oxygen atoms in total. The van der Waals surface area contributed by atoms with E-state index in [-0.39, 0.29) is 19.2 Å². The molecule has 1 fully saturated rings. The molecule has 2 aliphatic rings. The molecule has 0 saturated carbocycles. The highest BCUT2D eigenvalue weighted by atomic mass is 16.7. The normalized spacial score (nSPS) is 20.1. The van der Waals surface area contributed by atoms with Crippen molar-refractivity contribution in [3.05, 3.63) is 17.7 Å². The number of carboxylic acids is 1. The number of ether oxygens (including phenoxy) is 3. The van der Waals surface area contributed by atoms with E-state index in [9.17, 15) is 14.7 Å². The summed E-state index contributed by atoms with van der Waals surface area (Å²) in [5.41, 5.74) is 0.771. The van der Waals surface area contributed by atoms with Crippen LogP contribution in [0.2, 0.25) is 0 Å². The Morgan fingerprint density at radius 3 is 2.52 bits per heavy atom. The summed E-state index contributed by atoms with van der Waals surface area (Å²) in [5.74, 6) is 0.196. The third kappa shape index (κ3) is 5.23. The first-order valence-corrected chi connectivity index (χ1v) is 11.2. The number of likely N-dealkylation sites (tertiary alicyclic amines) is 1. The van der Waals surface area contributed by atoms with Gasteiger partial charge in [-0.05, 0) is 37.0 Å². The molecule has 0 aromatic heterocycles. The molecular weight excluding hydrogens is 400 g/mol. The summed E-state index contributed by atoms with van der Waals surface area (Å²) in [6.07, 6.45) is 4.49. The largest absolute Gasteiger partial charge is 0.493 e. The van der Waals surface area contributed by atoms with Gasteiger partial charge in [-0.25, -0.2) is 0 Å². The van der Waals surface area contributed by atoms with Crippen LogP contribution < -0.4 is 14.2 Å². The number of carboxylic acid groups (broad SMARTS) is 1. The van der Waals surface area contributed by atoms with Gasteiger partial charge in [0.2, 0.25) is 18.4 Å². The number of nitrogens with zero attached hydrogens (tertiary/aromatic N) is 2. The van der Waals surface area contributed by atoms with E-state index in [2.05, 4.69) is 13.8 Å². The van der Waals surface area contributed by atoms with E-state index < -0.39 is 17.9 Å². The van der Waals surface area contributed by atoms with Crippen LogP contribution in [-0.2, 0) is 9.59 Å². The highest BCUT2D eigenvalue weighted by Gasteiger charge is 2.42. The first-order valence-electron chi connectivity index (χ1n) is 11.2. The van der Waals surface area contributed by atoms with Gasteiger partial charge in [0.1, 0.15) is 0 Å². The summed E-state index contributed by atoms with van der Waals surface area (Å²) in [6.45, 7) is 6.58. The molecule has 0 spiro atoms. The molecule has 2 heterocycles. The van der Waals surface area contributed by atoms with E-state index in [1.807, 2.05) is 21.9 Å². The summed E-state index contributed by atoms with van der Waals surface area (Å²) in [6, 6.07) is 3.20. The smallest absolute Gasteiger partial charge is 0.308 e. The lowest BCUT2D eigenvalue weighted by Crippen LogP contribution is -2.42. The highest BCUT2D eigenvalue weighted by Crippen LogP contribution is 2.46. The average Bonchev–Trinajstić information content (AvgIpc) is 3.40. The van der Waals surface area contributed by atoms with Crippen molar-refractivity contribution >= 4 is 11.9 Å². The van der Waals surface area contributed by atoms with E-state index in [1.165, 1.54) is 0 Å². The number of hydrogen-bond acceptors (Lipinski definition) is 6. The van der Waals surface area contributed by atoms with Gasteiger partial charge in [-0.15, -0.1) is 0 Å². The lowest BCUT2D eigenvalue weighted by Gasteiger charge is -2.30. The van der Waals surface area contributed by atoms with Crippen LogP contribution in [0.1, 0.15) is 57.6 Å².